The lowest BCUT2D eigenvalue weighted by atomic mass is 10.2. The molecule has 94 valence electrons. The molecule has 2 atom stereocenters. The van der Waals surface area contributed by atoms with Crippen molar-refractivity contribution in [3.8, 4) is 0 Å². The minimum atomic E-state index is -1.24. The molecule has 6 nitrogen and oxygen atoms in total. The topological polar surface area (TPSA) is 89.9 Å². The number of nitrogens with one attached hydrogen (secondary N) is 1. The number of aliphatic hydroxyl groups excluding tert-OH is 1. The summed E-state index contributed by atoms with van der Waals surface area (Å²) < 4.78 is 0. The number of carboxylic acids is 1. The minimum Gasteiger partial charge on any atom is -0.480 e. The highest BCUT2D eigenvalue weighted by Gasteiger charge is 2.23. The molecule has 3 N–H and O–H groups in total. The van der Waals surface area contributed by atoms with Gasteiger partial charge in [0.05, 0.1) is 6.61 Å². The Morgan fingerprint density at radius 1 is 1.38 bits per heavy atom. The Balaban J connectivity index is 4.46. The third-order valence-electron chi connectivity index (χ3n) is 2.50. The molecular formula is C10H20N2O4. The zero-order valence-corrected chi connectivity index (χ0v) is 9.93. The molecule has 2 amide bonds. The summed E-state index contributed by atoms with van der Waals surface area (Å²) in [6, 6.07) is -1.66. The van der Waals surface area contributed by atoms with Gasteiger partial charge in [-0.3, -0.25) is 0 Å². The molecule has 0 fully saturated rings. The van der Waals surface area contributed by atoms with Gasteiger partial charge in [0.15, 0.2) is 6.04 Å². The Bertz CT molecular complexity index is 245. The number of hydrogen-bond donors (Lipinski definition) is 3. The number of carbonyl (C=O) groups excluding carboxylic acids is 1. The fraction of sp³-hybridized carbons (Fsp3) is 0.800. The smallest absolute Gasteiger partial charge is 0.328 e. The second-order valence-electron chi connectivity index (χ2n) is 3.57. The molecule has 0 radical (unpaired) electrons. The second-order valence-corrected chi connectivity index (χ2v) is 3.57. The van der Waals surface area contributed by atoms with E-state index < -0.39 is 24.6 Å². The van der Waals surface area contributed by atoms with Gasteiger partial charge in [0.2, 0.25) is 0 Å². The van der Waals surface area contributed by atoms with Gasteiger partial charge >= 0.3 is 12.0 Å². The van der Waals surface area contributed by atoms with Crippen molar-refractivity contribution < 1.29 is 19.8 Å². The van der Waals surface area contributed by atoms with Gasteiger partial charge in [-0.15, -0.1) is 0 Å². The summed E-state index contributed by atoms with van der Waals surface area (Å²) in [6.07, 6.45) is 0.790. The summed E-state index contributed by atoms with van der Waals surface area (Å²) in [4.78, 5) is 23.8. The molecule has 0 aliphatic rings. The number of carboxylic acid groups (broad SMARTS) is 1. The van der Waals surface area contributed by atoms with E-state index in [1.54, 1.807) is 0 Å². The van der Waals surface area contributed by atoms with E-state index in [1.807, 2.05) is 20.8 Å². The van der Waals surface area contributed by atoms with E-state index in [1.165, 1.54) is 4.90 Å². The molecule has 16 heavy (non-hydrogen) atoms. The van der Waals surface area contributed by atoms with Gasteiger partial charge in [0, 0.05) is 12.6 Å². The number of rotatable bonds is 6. The normalized spacial score (nSPS) is 14.0. The van der Waals surface area contributed by atoms with Crippen LogP contribution in [0.2, 0.25) is 0 Å². The molecule has 0 aromatic carbocycles. The molecule has 0 aromatic heterocycles. The summed E-state index contributed by atoms with van der Waals surface area (Å²) in [6.45, 7) is 5.54. The van der Waals surface area contributed by atoms with Crippen LogP contribution in [0.5, 0.6) is 0 Å². The van der Waals surface area contributed by atoms with E-state index in [0.29, 0.717) is 6.54 Å². The zero-order chi connectivity index (χ0) is 12.7. The fourth-order valence-electron chi connectivity index (χ4n) is 1.29. The standard InChI is InChI=1S/C10H20N2O4/c1-4-7(3)12(5-2)10(16)11-8(6-13)9(14)15/h7-8,13H,4-6H2,1-3H3,(H,11,16)(H,14,15)/t7?,8-/m0/s1. The summed E-state index contributed by atoms with van der Waals surface area (Å²) >= 11 is 0. The highest BCUT2D eigenvalue weighted by molar-refractivity contribution is 5.82. The monoisotopic (exact) mass is 232 g/mol. The van der Waals surface area contributed by atoms with E-state index in [2.05, 4.69) is 5.32 Å². The molecule has 0 bridgehead atoms. The number of amides is 2. The van der Waals surface area contributed by atoms with Crippen LogP contribution < -0.4 is 5.32 Å². The minimum absolute atomic E-state index is 0.0399. The van der Waals surface area contributed by atoms with Crippen LogP contribution in [-0.2, 0) is 4.79 Å². The molecular weight excluding hydrogens is 212 g/mol. The lowest BCUT2D eigenvalue weighted by Crippen LogP contribution is -2.51. The average molecular weight is 232 g/mol. The van der Waals surface area contributed by atoms with Crippen molar-refractivity contribution in [3.05, 3.63) is 0 Å². The van der Waals surface area contributed by atoms with Crippen molar-refractivity contribution in [2.24, 2.45) is 0 Å². The summed E-state index contributed by atoms with van der Waals surface area (Å²) in [5, 5.41) is 19.7. The van der Waals surface area contributed by atoms with Gasteiger partial charge in [-0.1, -0.05) is 6.92 Å². The van der Waals surface area contributed by atoms with E-state index >= 15 is 0 Å². The van der Waals surface area contributed by atoms with Crippen molar-refractivity contribution in [3.63, 3.8) is 0 Å². The van der Waals surface area contributed by atoms with Crippen molar-refractivity contribution in [1.29, 1.82) is 0 Å². The number of urea groups is 1. The SMILES string of the molecule is CCC(C)N(CC)C(=O)N[C@@H](CO)C(=O)O. The number of aliphatic hydroxyl groups is 1. The number of hydrogen-bond acceptors (Lipinski definition) is 3. The Morgan fingerprint density at radius 2 is 1.94 bits per heavy atom. The molecule has 0 saturated carbocycles. The Morgan fingerprint density at radius 3 is 2.25 bits per heavy atom. The van der Waals surface area contributed by atoms with Crippen molar-refractivity contribution in [2.75, 3.05) is 13.2 Å². The Hall–Kier alpha value is -1.30. The summed E-state index contributed by atoms with van der Waals surface area (Å²) in [7, 11) is 0. The molecule has 0 aromatic rings. The molecule has 0 spiro atoms. The van der Waals surface area contributed by atoms with E-state index in [9.17, 15) is 9.59 Å². The summed E-state index contributed by atoms with van der Waals surface area (Å²) in [5.41, 5.74) is 0. The fourth-order valence-corrected chi connectivity index (χ4v) is 1.29. The molecule has 0 heterocycles. The maximum Gasteiger partial charge on any atom is 0.328 e. The van der Waals surface area contributed by atoms with Gasteiger partial charge in [0.25, 0.3) is 0 Å². The highest BCUT2D eigenvalue weighted by Crippen LogP contribution is 2.03. The molecule has 0 saturated heterocycles. The van der Waals surface area contributed by atoms with Gasteiger partial charge in [-0.2, -0.15) is 0 Å². The maximum absolute atomic E-state index is 11.7. The van der Waals surface area contributed by atoms with Crippen LogP contribution in [-0.4, -0.2) is 52.3 Å². The Kier molecular flexibility index (Phi) is 6.48. The Labute approximate surface area is 95.2 Å². The van der Waals surface area contributed by atoms with E-state index in [4.69, 9.17) is 10.2 Å². The predicted octanol–water partition coefficient (Wildman–Crippen LogP) is 0.262. The van der Waals surface area contributed by atoms with Crippen molar-refractivity contribution >= 4 is 12.0 Å². The first kappa shape index (κ1) is 14.7. The van der Waals surface area contributed by atoms with Gasteiger partial charge in [-0.05, 0) is 20.3 Å². The lowest BCUT2D eigenvalue weighted by molar-refractivity contribution is -0.140. The van der Waals surface area contributed by atoms with Crippen LogP contribution >= 0.6 is 0 Å². The van der Waals surface area contributed by atoms with Crippen LogP contribution in [0.3, 0.4) is 0 Å². The van der Waals surface area contributed by atoms with Gasteiger partial charge < -0.3 is 20.4 Å². The number of nitrogens with zero attached hydrogens (tertiary/aromatic N) is 1. The second kappa shape index (κ2) is 7.05. The van der Waals surface area contributed by atoms with Crippen LogP contribution in [0.4, 0.5) is 4.79 Å². The third kappa shape index (κ3) is 4.06. The van der Waals surface area contributed by atoms with Crippen molar-refractivity contribution in [1.82, 2.24) is 10.2 Å². The first-order valence-electron chi connectivity index (χ1n) is 5.38. The third-order valence-corrected chi connectivity index (χ3v) is 2.50. The molecule has 0 rings (SSSR count). The molecule has 0 aliphatic heterocycles. The number of carbonyl (C=O) groups is 2. The quantitative estimate of drug-likeness (QED) is 0.613. The predicted molar refractivity (Wildman–Crippen MR) is 59.2 cm³/mol. The van der Waals surface area contributed by atoms with Gasteiger partial charge in [-0.25, -0.2) is 9.59 Å². The van der Waals surface area contributed by atoms with Crippen LogP contribution in [0.1, 0.15) is 27.2 Å². The lowest BCUT2D eigenvalue weighted by Gasteiger charge is -2.28. The first-order valence-corrected chi connectivity index (χ1v) is 5.38. The average Bonchev–Trinajstić information content (AvgIpc) is 2.25. The zero-order valence-electron chi connectivity index (χ0n) is 9.93. The number of aliphatic carboxylic acids is 1. The molecule has 1 unspecified atom stereocenters. The van der Waals surface area contributed by atoms with Crippen LogP contribution in [0.25, 0.3) is 0 Å². The highest BCUT2D eigenvalue weighted by atomic mass is 16.4. The van der Waals surface area contributed by atoms with Crippen molar-refractivity contribution in [2.45, 2.75) is 39.3 Å². The molecule has 0 aliphatic carbocycles. The first-order chi connectivity index (χ1) is 7.47. The maximum atomic E-state index is 11.7. The largest absolute Gasteiger partial charge is 0.480 e. The molecule has 6 heteroatoms. The van der Waals surface area contributed by atoms with Gasteiger partial charge in [0.1, 0.15) is 0 Å². The summed E-state index contributed by atoms with van der Waals surface area (Å²) in [5.74, 6) is -1.24. The van der Waals surface area contributed by atoms with E-state index in [0.717, 1.165) is 6.42 Å². The van der Waals surface area contributed by atoms with Crippen LogP contribution in [0, 0.1) is 0 Å². The van der Waals surface area contributed by atoms with E-state index in [-0.39, 0.29) is 6.04 Å². The van der Waals surface area contributed by atoms with Crippen LogP contribution in [0.15, 0.2) is 0 Å².